The van der Waals surface area contributed by atoms with Gasteiger partial charge in [-0.25, -0.2) is 14.8 Å². The fourth-order valence-corrected chi connectivity index (χ4v) is 4.47. The molecule has 1 aliphatic rings. The fraction of sp³-hybridized carbons (Fsp3) is 0.0741. The molecule has 0 unspecified atom stereocenters. The number of esters is 1. The van der Waals surface area contributed by atoms with E-state index in [-0.39, 0.29) is 5.70 Å². The quantitative estimate of drug-likeness (QED) is 0.238. The maximum atomic E-state index is 12.6. The van der Waals surface area contributed by atoms with Crippen LogP contribution in [0.5, 0.6) is 0 Å². The van der Waals surface area contributed by atoms with Crippen LogP contribution < -0.4 is 0 Å². The highest BCUT2D eigenvalue weighted by Gasteiger charge is 2.24. The van der Waals surface area contributed by atoms with E-state index in [9.17, 15) is 4.79 Å². The zero-order valence-corrected chi connectivity index (χ0v) is 19.6. The molecule has 0 saturated carbocycles. The smallest absolute Gasteiger partial charge is 0.363 e. The van der Waals surface area contributed by atoms with Crippen LogP contribution in [0.1, 0.15) is 22.3 Å². The molecule has 3 aromatic carbocycles. The SMILES string of the molecule is Cc1ccc(C2=N/C(=C/c3cc4cc(C)ccc4nc3Sc3ccc(Cl)cc3)C(=O)O2)cc1. The second-order valence-corrected chi connectivity index (χ2v) is 9.34. The van der Waals surface area contributed by atoms with Crippen LogP contribution in [0.2, 0.25) is 5.02 Å². The van der Waals surface area contributed by atoms with Crippen LogP contribution in [-0.2, 0) is 9.53 Å². The molecule has 162 valence electrons. The summed E-state index contributed by atoms with van der Waals surface area (Å²) in [6, 6.07) is 23.5. The molecule has 1 aromatic heterocycles. The second kappa shape index (κ2) is 8.85. The maximum Gasteiger partial charge on any atom is 0.363 e. The monoisotopic (exact) mass is 470 g/mol. The van der Waals surface area contributed by atoms with E-state index in [1.807, 2.05) is 80.6 Å². The molecule has 0 N–H and O–H groups in total. The number of hydrogen-bond donors (Lipinski definition) is 0. The molecular weight excluding hydrogens is 452 g/mol. The molecular formula is C27H19ClN2O2S. The van der Waals surface area contributed by atoms with E-state index in [1.165, 1.54) is 11.8 Å². The number of halogens is 1. The number of benzene rings is 3. The van der Waals surface area contributed by atoms with E-state index in [0.29, 0.717) is 10.9 Å². The van der Waals surface area contributed by atoms with Crippen molar-refractivity contribution in [1.82, 2.24) is 4.98 Å². The van der Waals surface area contributed by atoms with Gasteiger partial charge in [-0.15, -0.1) is 0 Å². The van der Waals surface area contributed by atoms with Gasteiger partial charge in [-0.05, 0) is 74.5 Å². The first kappa shape index (κ1) is 21.4. The standard InChI is InChI=1S/C27H19ClN2O2S/c1-16-3-6-18(7-4-16)25-29-24(27(31)32-25)15-20-14-19-13-17(2)5-12-23(19)30-26(20)33-22-10-8-21(28)9-11-22/h3-15H,1-2H3/b24-15+. The number of nitrogens with zero attached hydrogens (tertiary/aromatic N) is 2. The lowest BCUT2D eigenvalue weighted by Gasteiger charge is -2.09. The van der Waals surface area contributed by atoms with Gasteiger partial charge in [0.25, 0.3) is 0 Å². The third-order valence-corrected chi connectivity index (χ3v) is 6.48. The predicted octanol–water partition coefficient (Wildman–Crippen LogP) is 7.00. The largest absolute Gasteiger partial charge is 0.402 e. The topological polar surface area (TPSA) is 51.5 Å². The van der Waals surface area contributed by atoms with Gasteiger partial charge in [0.2, 0.25) is 5.90 Å². The normalized spacial score (nSPS) is 14.6. The van der Waals surface area contributed by atoms with E-state index in [4.69, 9.17) is 21.3 Å². The van der Waals surface area contributed by atoms with Crippen molar-refractivity contribution in [2.45, 2.75) is 23.8 Å². The Labute approximate surface area is 201 Å². The molecule has 6 heteroatoms. The Hall–Kier alpha value is -3.41. The lowest BCUT2D eigenvalue weighted by atomic mass is 10.1. The Bertz CT molecular complexity index is 1440. The summed E-state index contributed by atoms with van der Waals surface area (Å²) in [6.07, 6.45) is 1.75. The summed E-state index contributed by atoms with van der Waals surface area (Å²) in [7, 11) is 0. The van der Waals surface area contributed by atoms with Crippen LogP contribution in [0.4, 0.5) is 0 Å². The Morgan fingerprint density at radius 2 is 1.64 bits per heavy atom. The van der Waals surface area contributed by atoms with Gasteiger partial charge in [-0.2, -0.15) is 0 Å². The zero-order valence-electron chi connectivity index (χ0n) is 18.0. The van der Waals surface area contributed by atoms with Crippen molar-refractivity contribution < 1.29 is 9.53 Å². The third-order valence-electron chi connectivity index (χ3n) is 5.20. The van der Waals surface area contributed by atoms with Crippen LogP contribution in [-0.4, -0.2) is 16.9 Å². The van der Waals surface area contributed by atoms with Gasteiger partial charge in [0, 0.05) is 26.4 Å². The molecule has 0 atom stereocenters. The molecule has 0 radical (unpaired) electrons. The molecule has 0 saturated heterocycles. The Balaban J connectivity index is 1.59. The first-order valence-corrected chi connectivity index (χ1v) is 11.6. The number of aryl methyl sites for hydroxylation is 2. The molecule has 0 aliphatic carbocycles. The van der Waals surface area contributed by atoms with Crippen molar-refractivity contribution in [2.24, 2.45) is 4.99 Å². The van der Waals surface area contributed by atoms with Crippen molar-refractivity contribution in [3.63, 3.8) is 0 Å². The summed E-state index contributed by atoms with van der Waals surface area (Å²) in [6.45, 7) is 4.05. The molecule has 4 nitrogen and oxygen atoms in total. The van der Waals surface area contributed by atoms with E-state index in [2.05, 4.69) is 11.1 Å². The molecule has 2 heterocycles. The Kier molecular flexibility index (Phi) is 5.75. The summed E-state index contributed by atoms with van der Waals surface area (Å²) in [5, 5.41) is 2.44. The lowest BCUT2D eigenvalue weighted by molar-refractivity contribution is -0.129. The number of aliphatic imine (C=N–C) groups is 1. The van der Waals surface area contributed by atoms with Gasteiger partial charge < -0.3 is 4.74 Å². The summed E-state index contributed by atoms with van der Waals surface area (Å²) >= 11 is 7.55. The number of ether oxygens (including phenoxy) is 1. The van der Waals surface area contributed by atoms with Crippen molar-refractivity contribution in [2.75, 3.05) is 0 Å². The summed E-state index contributed by atoms with van der Waals surface area (Å²) < 4.78 is 5.45. The van der Waals surface area contributed by atoms with Crippen molar-refractivity contribution in [3.05, 3.63) is 106 Å². The van der Waals surface area contributed by atoms with Crippen LogP contribution in [0, 0.1) is 13.8 Å². The Morgan fingerprint density at radius 3 is 2.39 bits per heavy atom. The fourth-order valence-electron chi connectivity index (χ4n) is 3.47. The predicted molar refractivity (Wildman–Crippen MR) is 134 cm³/mol. The number of pyridine rings is 1. The van der Waals surface area contributed by atoms with Crippen molar-refractivity contribution in [3.8, 4) is 0 Å². The average molecular weight is 471 g/mol. The second-order valence-electron chi connectivity index (χ2n) is 7.84. The van der Waals surface area contributed by atoms with Crippen molar-refractivity contribution >= 4 is 52.2 Å². The minimum atomic E-state index is -0.475. The summed E-state index contributed by atoms with van der Waals surface area (Å²) in [5.74, 6) is -0.167. The van der Waals surface area contributed by atoms with Gasteiger partial charge in [0.05, 0.1) is 5.52 Å². The molecule has 0 amide bonds. The molecule has 4 aromatic rings. The van der Waals surface area contributed by atoms with Crippen LogP contribution in [0.15, 0.2) is 93.4 Å². The maximum absolute atomic E-state index is 12.6. The molecule has 1 aliphatic heterocycles. The summed E-state index contributed by atoms with van der Waals surface area (Å²) in [5.41, 5.74) is 4.96. The van der Waals surface area contributed by atoms with Gasteiger partial charge in [-0.3, -0.25) is 0 Å². The van der Waals surface area contributed by atoms with Crippen molar-refractivity contribution in [1.29, 1.82) is 0 Å². The number of hydrogen-bond acceptors (Lipinski definition) is 5. The third kappa shape index (κ3) is 4.70. The minimum Gasteiger partial charge on any atom is -0.402 e. The van der Waals surface area contributed by atoms with E-state index in [0.717, 1.165) is 43.1 Å². The number of carbonyl (C=O) groups is 1. The van der Waals surface area contributed by atoms with Gasteiger partial charge in [-0.1, -0.05) is 52.7 Å². The Morgan fingerprint density at radius 1 is 0.909 bits per heavy atom. The van der Waals surface area contributed by atoms with Gasteiger partial charge in [0.1, 0.15) is 5.03 Å². The average Bonchev–Trinajstić information content (AvgIpc) is 3.16. The van der Waals surface area contributed by atoms with Crippen LogP contribution in [0.3, 0.4) is 0 Å². The summed E-state index contributed by atoms with van der Waals surface area (Å²) in [4.78, 5) is 22.9. The van der Waals surface area contributed by atoms with Crippen LogP contribution >= 0.6 is 23.4 Å². The van der Waals surface area contributed by atoms with E-state index < -0.39 is 5.97 Å². The highest BCUT2D eigenvalue weighted by atomic mass is 35.5. The molecule has 0 spiro atoms. The van der Waals surface area contributed by atoms with Crippen LogP contribution in [0.25, 0.3) is 17.0 Å². The first-order valence-electron chi connectivity index (χ1n) is 10.4. The lowest BCUT2D eigenvalue weighted by Crippen LogP contribution is -2.05. The number of fused-ring (bicyclic) bond motifs is 1. The molecule has 0 fully saturated rings. The molecule has 5 rings (SSSR count). The number of carbonyl (C=O) groups excluding carboxylic acids is 1. The minimum absolute atomic E-state index is 0.248. The molecule has 33 heavy (non-hydrogen) atoms. The first-order chi connectivity index (χ1) is 15.9. The van der Waals surface area contributed by atoms with Gasteiger partial charge >= 0.3 is 5.97 Å². The number of rotatable bonds is 4. The van der Waals surface area contributed by atoms with Gasteiger partial charge in [0.15, 0.2) is 5.70 Å². The van der Waals surface area contributed by atoms with E-state index in [1.54, 1.807) is 6.08 Å². The number of aromatic nitrogens is 1. The van der Waals surface area contributed by atoms with E-state index >= 15 is 0 Å². The number of cyclic esters (lactones) is 1. The zero-order chi connectivity index (χ0) is 22.9. The highest BCUT2D eigenvalue weighted by molar-refractivity contribution is 7.99. The highest BCUT2D eigenvalue weighted by Crippen LogP contribution is 2.34. The molecule has 0 bridgehead atoms.